The van der Waals surface area contributed by atoms with Crippen LogP contribution >= 0.6 is 0 Å². The fourth-order valence-electron chi connectivity index (χ4n) is 1.88. The molecule has 1 atom stereocenters. The summed E-state index contributed by atoms with van der Waals surface area (Å²) >= 11 is 0. The molecule has 1 aromatic heterocycles. The fourth-order valence-corrected chi connectivity index (χ4v) is 1.88. The molecule has 0 saturated carbocycles. The van der Waals surface area contributed by atoms with Gasteiger partial charge in [-0.05, 0) is 26.1 Å². The first-order chi connectivity index (χ1) is 9.11. The summed E-state index contributed by atoms with van der Waals surface area (Å²) in [6.07, 6.45) is -0.100. The van der Waals surface area contributed by atoms with Gasteiger partial charge < -0.3 is 15.8 Å². The highest BCUT2D eigenvalue weighted by molar-refractivity contribution is 5.98. The molecule has 100 valence electrons. The Hall–Kier alpha value is -2.14. The summed E-state index contributed by atoms with van der Waals surface area (Å²) in [5.41, 5.74) is 6.46. The second-order valence-electron chi connectivity index (χ2n) is 4.38. The molecule has 19 heavy (non-hydrogen) atoms. The molecule has 0 aliphatic carbocycles. The molecule has 5 heteroatoms. The number of primary amides is 1. The third-order valence-electron chi connectivity index (χ3n) is 2.76. The van der Waals surface area contributed by atoms with E-state index in [-0.39, 0.29) is 12.0 Å². The molecular weight excluding hydrogens is 242 g/mol. The number of likely N-dealkylation sites (N-methyl/N-ethyl adjacent to an activating group) is 1. The first-order valence-corrected chi connectivity index (χ1v) is 6.12. The number of amides is 1. The molecule has 1 aromatic carbocycles. The number of rotatable bonds is 5. The Morgan fingerprint density at radius 3 is 2.89 bits per heavy atom. The topological polar surface area (TPSA) is 77.2 Å². The molecule has 1 heterocycles. The van der Waals surface area contributed by atoms with Gasteiger partial charge in [0, 0.05) is 11.9 Å². The Kier molecular flexibility index (Phi) is 3.97. The van der Waals surface area contributed by atoms with Crippen molar-refractivity contribution in [1.82, 2.24) is 10.3 Å². The Balaban J connectivity index is 2.44. The Morgan fingerprint density at radius 2 is 2.21 bits per heavy atom. The lowest BCUT2D eigenvalue weighted by Gasteiger charge is -2.15. The minimum atomic E-state index is -0.537. The van der Waals surface area contributed by atoms with E-state index in [2.05, 4.69) is 10.3 Å². The number of pyridine rings is 1. The minimum Gasteiger partial charge on any atom is -0.473 e. The van der Waals surface area contributed by atoms with Crippen LogP contribution in [0.3, 0.4) is 0 Å². The summed E-state index contributed by atoms with van der Waals surface area (Å²) < 4.78 is 5.68. The second kappa shape index (κ2) is 5.67. The summed E-state index contributed by atoms with van der Waals surface area (Å²) in [5.74, 6) is -0.251. The average molecular weight is 259 g/mol. The highest BCUT2D eigenvalue weighted by Gasteiger charge is 2.15. The van der Waals surface area contributed by atoms with Gasteiger partial charge in [-0.3, -0.25) is 4.79 Å². The van der Waals surface area contributed by atoms with Crippen LogP contribution in [0.5, 0.6) is 5.88 Å². The van der Waals surface area contributed by atoms with Crippen molar-refractivity contribution in [1.29, 1.82) is 0 Å². The highest BCUT2D eigenvalue weighted by Crippen LogP contribution is 2.22. The van der Waals surface area contributed by atoms with Crippen molar-refractivity contribution in [2.24, 2.45) is 5.73 Å². The summed E-state index contributed by atoms with van der Waals surface area (Å²) in [5, 5.41) is 3.87. The van der Waals surface area contributed by atoms with Crippen molar-refractivity contribution in [3.8, 4) is 5.88 Å². The van der Waals surface area contributed by atoms with Crippen LogP contribution in [-0.4, -0.2) is 30.6 Å². The van der Waals surface area contributed by atoms with E-state index >= 15 is 0 Å². The first-order valence-electron chi connectivity index (χ1n) is 6.12. The highest BCUT2D eigenvalue weighted by atomic mass is 16.5. The van der Waals surface area contributed by atoms with Crippen LogP contribution < -0.4 is 15.8 Å². The van der Waals surface area contributed by atoms with Gasteiger partial charge in [0.1, 0.15) is 11.7 Å². The number of hydrogen-bond acceptors (Lipinski definition) is 4. The lowest BCUT2D eigenvalue weighted by atomic mass is 10.1. The van der Waals surface area contributed by atoms with Gasteiger partial charge in [-0.1, -0.05) is 18.2 Å². The van der Waals surface area contributed by atoms with Gasteiger partial charge in [0.15, 0.2) is 0 Å². The number of ether oxygens (including phenoxy) is 1. The summed E-state index contributed by atoms with van der Waals surface area (Å²) in [7, 11) is 1.84. The van der Waals surface area contributed by atoms with Crippen molar-refractivity contribution in [2.45, 2.75) is 13.0 Å². The molecule has 1 amide bonds. The van der Waals surface area contributed by atoms with Crippen molar-refractivity contribution < 1.29 is 9.53 Å². The molecule has 0 fully saturated rings. The van der Waals surface area contributed by atoms with E-state index in [4.69, 9.17) is 10.5 Å². The molecule has 0 radical (unpaired) electrons. The molecule has 1 unspecified atom stereocenters. The normalized spacial score (nSPS) is 12.3. The van der Waals surface area contributed by atoms with Gasteiger partial charge in [0.2, 0.25) is 5.88 Å². The van der Waals surface area contributed by atoms with Gasteiger partial charge in [-0.25, -0.2) is 4.98 Å². The zero-order valence-corrected chi connectivity index (χ0v) is 11.0. The third-order valence-corrected chi connectivity index (χ3v) is 2.76. The van der Waals surface area contributed by atoms with Gasteiger partial charge in [0.05, 0.1) is 5.52 Å². The van der Waals surface area contributed by atoms with Crippen molar-refractivity contribution in [2.75, 3.05) is 13.6 Å². The molecule has 0 aliphatic heterocycles. The third kappa shape index (κ3) is 3.00. The monoisotopic (exact) mass is 259 g/mol. The standard InChI is InChI=1S/C14H17N3O2/c1-9(8-16-2)19-14-11(13(15)18)7-10-5-3-4-6-12(10)17-14/h3-7,9,16H,8H2,1-2H3,(H2,15,18). The molecule has 0 aliphatic rings. The number of carbonyl (C=O) groups excluding carboxylic acids is 1. The maximum Gasteiger partial charge on any atom is 0.254 e. The minimum absolute atomic E-state index is 0.100. The predicted molar refractivity (Wildman–Crippen MR) is 74.3 cm³/mol. The smallest absolute Gasteiger partial charge is 0.254 e. The zero-order valence-electron chi connectivity index (χ0n) is 11.0. The number of benzene rings is 1. The molecule has 0 spiro atoms. The van der Waals surface area contributed by atoms with E-state index in [0.29, 0.717) is 12.1 Å². The Morgan fingerprint density at radius 1 is 1.47 bits per heavy atom. The number of nitrogens with one attached hydrogen (secondary N) is 1. The van der Waals surface area contributed by atoms with Crippen LogP contribution in [0.4, 0.5) is 0 Å². The van der Waals surface area contributed by atoms with Gasteiger partial charge in [-0.15, -0.1) is 0 Å². The molecule has 2 rings (SSSR count). The largest absolute Gasteiger partial charge is 0.473 e. The van der Waals surface area contributed by atoms with Gasteiger partial charge in [-0.2, -0.15) is 0 Å². The summed E-state index contributed by atoms with van der Waals surface area (Å²) in [6.45, 7) is 2.56. The number of hydrogen-bond donors (Lipinski definition) is 2. The number of nitrogens with two attached hydrogens (primary N) is 1. The molecule has 0 bridgehead atoms. The van der Waals surface area contributed by atoms with E-state index in [9.17, 15) is 4.79 Å². The maximum atomic E-state index is 11.5. The van der Waals surface area contributed by atoms with Crippen molar-refractivity contribution in [3.05, 3.63) is 35.9 Å². The summed E-state index contributed by atoms with van der Waals surface area (Å²) in [6, 6.07) is 9.25. The van der Waals surface area contributed by atoms with E-state index in [1.54, 1.807) is 6.07 Å². The SMILES string of the molecule is CNCC(C)Oc1nc2ccccc2cc1C(N)=O. The van der Waals surface area contributed by atoms with E-state index < -0.39 is 5.91 Å². The van der Waals surface area contributed by atoms with Gasteiger partial charge in [0.25, 0.3) is 5.91 Å². The molecule has 0 saturated heterocycles. The van der Waals surface area contributed by atoms with Crippen LogP contribution in [0.2, 0.25) is 0 Å². The molecule has 3 N–H and O–H groups in total. The quantitative estimate of drug-likeness (QED) is 0.849. The van der Waals surface area contributed by atoms with Crippen molar-refractivity contribution >= 4 is 16.8 Å². The van der Waals surface area contributed by atoms with Crippen LogP contribution in [0.25, 0.3) is 10.9 Å². The van der Waals surface area contributed by atoms with Crippen LogP contribution in [0.15, 0.2) is 30.3 Å². The Bertz CT molecular complexity index is 598. The number of fused-ring (bicyclic) bond motifs is 1. The van der Waals surface area contributed by atoms with Crippen molar-refractivity contribution in [3.63, 3.8) is 0 Å². The molecule has 5 nitrogen and oxygen atoms in total. The van der Waals surface area contributed by atoms with E-state index in [1.807, 2.05) is 38.2 Å². The lowest BCUT2D eigenvalue weighted by molar-refractivity contribution is 0.0992. The number of aromatic nitrogens is 1. The summed E-state index contributed by atoms with van der Waals surface area (Å²) in [4.78, 5) is 15.9. The number of carbonyl (C=O) groups is 1. The second-order valence-corrected chi connectivity index (χ2v) is 4.38. The van der Waals surface area contributed by atoms with E-state index in [1.165, 1.54) is 0 Å². The Labute approximate surface area is 111 Å². The maximum absolute atomic E-state index is 11.5. The van der Waals surface area contributed by atoms with Gasteiger partial charge >= 0.3 is 0 Å². The number of para-hydroxylation sites is 1. The number of nitrogens with zero attached hydrogens (tertiary/aromatic N) is 1. The molecule has 2 aromatic rings. The van der Waals surface area contributed by atoms with Crippen LogP contribution in [-0.2, 0) is 0 Å². The van der Waals surface area contributed by atoms with E-state index in [0.717, 1.165) is 10.9 Å². The average Bonchev–Trinajstić information content (AvgIpc) is 2.38. The lowest BCUT2D eigenvalue weighted by Crippen LogP contribution is -2.27. The fraction of sp³-hybridized carbons (Fsp3) is 0.286. The first kappa shape index (κ1) is 13.3. The predicted octanol–water partition coefficient (Wildman–Crippen LogP) is 1.32. The molecular formula is C14H17N3O2. The van der Waals surface area contributed by atoms with Crippen LogP contribution in [0.1, 0.15) is 17.3 Å². The zero-order chi connectivity index (χ0) is 13.8. The van der Waals surface area contributed by atoms with Crippen LogP contribution in [0, 0.1) is 0 Å².